The normalized spacial score (nSPS) is 11.3. The van der Waals surface area contributed by atoms with Crippen LogP contribution in [0.4, 0.5) is 34.1 Å². The number of allylic oxidation sites excluding steroid dienone is 3. The van der Waals surface area contributed by atoms with Gasteiger partial charge in [0.2, 0.25) is 0 Å². The summed E-state index contributed by atoms with van der Waals surface area (Å²) in [5, 5.41) is 0. The Morgan fingerprint density at radius 3 is 1.42 bits per heavy atom. The highest BCUT2D eigenvalue weighted by Crippen LogP contribution is 2.44. The van der Waals surface area contributed by atoms with Crippen molar-refractivity contribution in [1.82, 2.24) is 0 Å². The summed E-state index contributed by atoms with van der Waals surface area (Å²) < 4.78 is 0. The van der Waals surface area contributed by atoms with E-state index in [9.17, 15) is 0 Å². The van der Waals surface area contributed by atoms with Crippen LogP contribution in [0.5, 0.6) is 0 Å². The third-order valence-corrected chi connectivity index (χ3v) is 11.5. The summed E-state index contributed by atoms with van der Waals surface area (Å²) in [6.45, 7) is 6.07. The van der Waals surface area contributed by atoms with Crippen molar-refractivity contribution < 1.29 is 0 Å². The van der Waals surface area contributed by atoms with Crippen molar-refractivity contribution in [1.29, 1.82) is 0 Å². The van der Waals surface area contributed by atoms with Gasteiger partial charge in [-0.25, -0.2) is 0 Å². The highest BCUT2D eigenvalue weighted by atomic mass is 15.1. The minimum absolute atomic E-state index is 0.0717. The van der Waals surface area contributed by atoms with Gasteiger partial charge in [-0.2, -0.15) is 0 Å². The summed E-state index contributed by atoms with van der Waals surface area (Å²) in [6.07, 6.45) is 5.74. The minimum atomic E-state index is -0.0717. The number of rotatable bonds is 12. The molecular weight excluding hydrogens is 773 g/mol. The van der Waals surface area contributed by atoms with Gasteiger partial charge in [0.15, 0.2) is 0 Å². The maximum atomic E-state index is 4.09. The van der Waals surface area contributed by atoms with Gasteiger partial charge in [0, 0.05) is 34.0 Å². The fraction of sp³-hybridized carbons (Fsp3) is 0.0323. The van der Waals surface area contributed by atoms with E-state index in [1.165, 1.54) is 22.3 Å². The average Bonchev–Trinajstić information content (AvgIpc) is 3.37. The summed E-state index contributed by atoms with van der Waals surface area (Å²) >= 11 is 0. The Bertz CT molecular complexity index is 3030. The lowest BCUT2D eigenvalue weighted by Crippen LogP contribution is -2.11. The van der Waals surface area contributed by atoms with Crippen molar-refractivity contribution >= 4 is 34.1 Å². The standard InChI is InChI=1S/C62H48N2/c1-3-5-10-21-47(4-2)49-32-38-55(39-33-49)63(56-40-34-50(35-41-56)48-22-11-6-12-23-48)58-44-45-59(61(46-58)52-26-15-8-16-27-52)53-36-42-57(43-37-53)64(54-28-17-9-18-29-54)62-31-20-19-30-60(62)51-24-13-7-14-25-51/h3-9,11-20,22-47H,2H2,1H3/b5-3-. The van der Waals surface area contributed by atoms with E-state index >= 15 is 0 Å². The van der Waals surface area contributed by atoms with Crippen LogP contribution in [0.25, 0.3) is 44.5 Å². The number of benzene rings is 9. The van der Waals surface area contributed by atoms with Gasteiger partial charge in [-0.05, 0) is 124 Å². The molecule has 0 N–H and O–H groups in total. The number of nitrogens with zero attached hydrogens (tertiary/aromatic N) is 2. The second-order valence-electron chi connectivity index (χ2n) is 15.5. The quantitative estimate of drug-likeness (QED) is 0.0895. The van der Waals surface area contributed by atoms with Crippen molar-refractivity contribution in [3.05, 3.63) is 267 Å². The van der Waals surface area contributed by atoms with Crippen LogP contribution in [0, 0.1) is 11.8 Å². The number of anilines is 6. The summed E-state index contributed by atoms with van der Waals surface area (Å²) in [7, 11) is 0. The molecule has 0 bridgehead atoms. The predicted octanol–water partition coefficient (Wildman–Crippen LogP) is 17.1. The smallest absolute Gasteiger partial charge is 0.0633 e. The fourth-order valence-corrected chi connectivity index (χ4v) is 8.32. The Morgan fingerprint density at radius 1 is 0.391 bits per heavy atom. The molecule has 9 aromatic carbocycles. The summed E-state index contributed by atoms with van der Waals surface area (Å²) in [5.41, 5.74) is 16.9. The highest BCUT2D eigenvalue weighted by molar-refractivity contribution is 5.91. The first-order valence-electron chi connectivity index (χ1n) is 21.8. The maximum absolute atomic E-state index is 4.09. The maximum Gasteiger partial charge on any atom is 0.0633 e. The summed E-state index contributed by atoms with van der Waals surface area (Å²) in [4.78, 5) is 4.69. The van der Waals surface area contributed by atoms with Crippen LogP contribution < -0.4 is 9.80 Å². The van der Waals surface area contributed by atoms with Gasteiger partial charge in [-0.1, -0.05) is 194 Å². The molecule has 0 aliphatic rings. The molecule has 0 aliphatic heterocycles. The van der Waals surface area contributed by atoms with Crippen LogP contribution in [-0.4, -0.2) is 0 Å². The van der Waals surface area contributed by atoms with E-state index in [-0.39, 0.29) is 5.92 Å². The Morgan fingerprint density at radius 2 is 0.828 bits per heavy atom. The van der Waals surface area contributed by atoms with Crippen molar-refractivity contribution in [3.63, 3.8) is 0 Å². The van der Waals surface area contributed by atoms with Gasteiger partial charge in [-0.3, -0.25) is 0 Å². The van der Waals surface area contributed by atoms with E-state index < -0.39 is 0 Å². The topological polar surface area (TPSA) is 6.48 Å². The largest absolute Gasteiger partial charge is 0.310 e. The predicted molar refractivity (Wildman–Crippen MR) is 273 cm³/mol. The van der Waals surface area contributed by atoms with E-state index in [4.69, 9.17) is 0 Å². The molecule has 2 nitrogen and oxygen atoms in total. The van der Waals surface area contributed by atoms with E-state index in [0.29, 0.717) is 0 Å². The Labute approximate surface area is 378 Å². The van der Waals surface area contributed by atoms with Crippen LogP contribution in [0.2, 0.25) is 0 Å². The molecule has 0 saturated heterocycles. The van der Waals surface area contributed by atoms with Gasteiger partial charge >= 0.3 is 0 Å². The lowest BCUT2D eigenvalue weighted by atomic mass is 9.93. The van der Waals surface area contributed by atoms with Gasteiger partial charge < -0.3 is 9.80 Å². The molecular formula is C62H48N2. The second kappa shape index (κ2) is 19.6. The Hall–Kier alpha value is -8.38. The van der Waals surface area contributed by atoms with Gasteiger partial charge in [-0.15, -0.1) is 6.58 Å². The summed E-state index contributed by atoms with van der Waals surface area (Å²) in [5.74, 6) is 6.41. The number of hydrogen-bond donors (Lipinski definition) is 0. The molecule has 2 heteroatoms. The van der Waals surface area contributed by atoms with Crippen molar-refractivity contribution in [3.8, 4) is 56.3 Å². The zero-order chi connectivity index (χ0) is 43.5. The Kier molecular flexibility index (Phi) is 12.5. The van der Waals surface area contributed by atoms with Crippen molar-refractivity contribution in [2.24, 2.45) is 0 Å². The van der Waals surface area contributed by atoms with Crippen molar-refractivity contribution in [2.75, 3.05) is 9.80 Å². The SMILES string of the molecule is C=CC(C#C/C=C\C)c1ccc(N(c2ccc(-c3ccccc3)cc2)c2ccc(-c3ccc(N(c4ccccc4)c4ccccc4-c4ccccc4)cc3)c(-c3ccccc3)c2)cc1. The van der Waals surface area contributed by atoms with E-state index in [2.05, 4.69) is 265 Å². The van der Waals surface area contributed by atoms with Crippen molar-refractivity contribution in [2.45, 2.75) is 12.8 Å². The first-order valence-corrected chi connectivity index (χ1v) is 21.8. The van der Waals surface area contributed by atoms with E-state index in [1.807, 2.05) is 25.2 Å². The number of hydrogen-bond acceptors (Lipinski definition) is 2. The third-order valence-electron chi connectivity index (χ3n) is 11.5. The lowest BCUT2D eigenvalue weighted by molar-refractivity contribution is 1.13. The van der Waals surface area contributed by atoms with Gasteiger partial charge in [0.25, 0.3) is 0 Å². The van der Waals surface area contributed by atoms with E-state index in [1.54, 1.807) is 0 Å². The second-order valence-corrected chi connectivity index (χ2v) is 15.5. The minimum Gasteiger partial charge on any atom is -0.310 e. The molecule has 0 fully saturated rings. The monoisotopic (exact) mass is 820 g/mol. The van der Waals surface area contributed by atoms with Crippen LogP contribution in [0.3, 0.4) is 0 Å². The van der Waals surface area contributed by atoms with Gasteiger partial charge in [0.05, 0.1) is 11.6 Å². The zero-order valence-electron chi connectivity index (χ0n) is 35.9. The fourth-order valence-electron chi connectivity index (χ4n) is 8.32. The van der Waals surface area contributed by atoms with Crippen LogP contribution in [-0.2, 0) is 0 Å². The molecule has 1 unspecified atom stereocenters. The van der Waals surface area contributed by atoms with Crippen LogP contribution in [0.15, 0.2) is 261 Å². The molecule has 64 heavy (non-hydrogen) atoms. The zero-order valence-corrected chi connectivity index (χ0v) is 35.9. The molecule has 9 aromatic rings. The molecule has 0 heterocycles. The molecule has 0 spiro atoms. The number of para-hydroxylation sites is 2. The molecule has 0 amide bonds. The molecule has 0 aromatic heterocycles. The lowest BCUT2D eigenvalue weighted by Gasteiger charge is -2.28. The van der Waals surface area contributed by atoms with Crippen LogP contribution >= 0.6 is 0 Å². The first kappa shape index (κ1) is 41.0. The molecule has 0 aliphatic carbocycles. The molecule has 9 rings (SSSR count). The Balaban J connectivity index is 1.14. The molecule has 0 saturated carbocycles. The van der Waals surface area contributed by atoms with Crippen LogP contribution in [0.1, 0.15) is 18.4 Å². The van der Waals surface area contributed by atoms with Gasteiger partial charge in [0.1, 0.15) is 0 Å². The molecule has 306 valence electrons. The third kappa shape index (κ3) is 8.97. The molecule has 1 atom stereocenters. The highest BCUT2D eigenvalue weighted by Gasteiger charge is 2.20. The van der Waals surface area contributed by atoms with E-state index in [0.717, 1.165) is 61.9 Å². The molecule has 0 radical (unpaired) electrons. The average molecular weight is 821 g/mol. The summed E-state index contributed by atoms with van der Waals surface area (Å²) in [6, 6.07) is 84.6. The first-order chi connectivity index (χ1) is 31.7.